The minimum absolute atomic E-state index is 0.0224. The molecular formula is C44H58F2O9. The summed E-state index contributed by atoms with van der Waals surface area (Å²) in [4.78, 5) is 48.7. The number of ketones is 4. The molecule has 0 bridgehead atoms. The van der Waals surface area contributed by atoms with Crippen molar-refractivity contribution in [3.05, 3.63) is 47.6 Å². The molecule has 16 atom stereocenters. The van der Waals surface area contributed by atoms with Gasteiger partial charge < -0.3 is 25.5 Å². The van der Waals surface area contributed by atoms with Gasteiger partial charge in [-0.1, -0.05) is 51.0 Å². The van der Waals surface area contributed by atoms with Crippen LogP contribution in [-0.4, -0.2) is 91.0 Å². The largest absolute Gasteiger partial charge is 0.390 e. The van der Waals surface area contributed by atoms with E-state index < -0.39 is 81.6 Å². The first-order chi connectivity index (χ1) is 25.6. The average Bonchev–Trinajstić information content (AvgIpc) is 3.51. The maximum Gasteiger partial charge on any atom is 0.190 e. The maximum absolute atomic E-state index is 16.9. The number of aliphatic hydroxyl groups is 5. The highest BCUT2D eigenvalue weighted by molar-refractivity contribution is 6.02. The lowest BCUT2D eigenvalue weighted by Crippen LogP contribution is -2.69. The van der Waals surface area contributed by atoms with Crippen LogP contribution in [0, 0.1) is 63.1 Å². The van der Waals surface area contributed by atoms with Crippen LogP contribution in [0.1, 0.15) is 92.9 Å². The Morgan fingerprint density at radius 2 is 1.24 bits per heavy atom. The number of hydrogen-bond acceptors (Lipinski definition) is 9. The Hall–Kier alpha value is -2.70. The number of carbonyl (C=O) groups is 4. The van der Waals surface area contributed by atoms with Crippen molar-refractivity contribution in [2.45, 2.75) is 122 Å². The third kappa shape index (κ3) is 4.98. The molecule has 8 aliphatic carbocycles. The summed E-state index contributed by atoms with van der Waals surface area (Å²) in [5.74, 6) is -3.12. The molecular weight excluding hydrogens is 710 g/mol. The molecule has 11 heteroatoms. The summed E-state index contributed by atoms with van der Waals surface area (Å²) < 4.78 is 33.7. The Labute approximate surface area is 322 Å². The first-order valence-corrected chi connectivity index (χ1v) is 20.2. The first kappa shape index (κ1) is 40.5. The van der Waals surface area contributed by atoms with Gasteiger partial charge in [0.1, 0.15) is 18.8 Å². The zero-order valence-electron chi connectivity index (χ0n) is 32.9. The van der Waals surface area contributed by atoms with Crippen molar-refractivity contribution >= 4 is 23.1 Å². The van der Waals surface area contributed by atoms with Gasteiger partial charge >= 0.3 is 0 Å². The molecule has 6 saturated carbocycles. The predicted octanol–water partition coefficient (Wildman–Crippen LogP) is 4.68. The molecule has 0 aromatic rings. The number of rotatable bonds is 4. The molecule has 0 unspecified atom stereocenters. The summed E-state index contributed by atoms with van der Waals surface area (Å²) in [6.45, 7) is 9.77. The number of carbonyl (C=O) groups excluding carboxylic acids is 4. The van der Waals surface area contributed by atoms with Crippen LogP contribution >= 0.6 is 0 Å². The molecule has 0 amide bonds. The summed E-state index contributed by atoms with van der Waals surface area (Å²) >= 11 is 0. The van der Waals surface area contributed by atoms with Crippen LogP contribution in [0.2, 0.25) is 0 Å². The Bertz CT molecular complexity index is 1820. The second kappa shape index (κ2) is 12.9. The molecule has 5 N–H and O–H groups in total. The fourth-order valence-electron chi connectivity index (χ4n) is 14.6. The van der Waals surface area contributed by atoms with Gasteiger partial charge in [0.25, 0.3) is 0 Å². The molecule has 0 saturated heterocycles. The van der Waals surface area contributed by atoms with E-state index >= 15 is 8.78 Å². The van der Waals surface area contributed by atoms with E-state index in [9.17, 15) is 44.7 Å². The average molecular weight is 769 g/mol. The summed E-state index contributed by atoms with van der Waals surface area (Å²) in [6.07, 6.45) is 9.97. The molecule has 8 rings (SSSR count). The molecule has 0 radical (unpaired) electrons. The van der Waals surface area contributed by atoms with Crippen LogP contribution in [0.25, 0.3) is 0 Å². The second-order valence-electron chi connectivity index (χ2n) is 19.4. The third-order valence-electron chi connectivity index (χ3n) is 17.3. The van der Waals surface area contributed by atoms with Crippen LogP contribution in [0.5, 0.6) is 0 Å². The van der Waals surface area contributed by atoms with Crippen LogP contribution in [0.15, 0.2) is 47.6 Å². The number of aliphatic hydroxyl groups excluding tert-OH is 4. The van der Waals surface area contributed by atoms with Crippen LogP contribution in [-0.2, 0) is 19.2 Å². The van der Waals surface area contributed by atoms with Gasteiger partial charge in [-0.3, -0.25) is 19.2 Å². The molecule has 0 spiro atoms. The Kier molecular flexibility index (Phi) is 9.50. The van der Waals surface area contributed by atoms with E-state index in [0.717, 1.165) is 12.0 Å². The number of allylic oxidation sites excluding steroid dienone is 8. The zero-order valence-corrected chi connectivity index (χ0v) is 32.9. The molecule has 9 nitrogen and oxygen atoms in total. The highest BCUT2D eigenvalue weighted by atomic mass is 19.1. The molecule has 0 aliphatic heterocycles. The van der Waals surface area contributed by atoms with Gasteiger partial charge in [0.05, 0.1) is 12.2 Å². The van der Waals surface area contributed by atoms with E-state index in [1.807, 2.05) is 13.8 Å². The van der Waals surface area contributed by atoms with E-state index in [-0.39, 0.29) is 59.8 Å². The normalized spacial score (nSPS) is 51.9. The highest BCUT2D eigenvalue weighted by Gasteiger charge is 2.76. The molecule has 0 aromatic carbocycles. The summed E-state index contributed by atoms with van der Waals surface area (Å²) in [5, 5.41) is 52.5. The molecule has 302 valence electrons. The van der Waals surface area contributed by atoms with Gasteiger partial charge in [0.15, 0.2) is 34.5 Å². The summed E-state index contributed by atoms with van der Waals surface area (Å²) in [7, 11) is 0. The fourth-order valence-corrected chi connectivity index (χ4v) is 14.6. The van der Waals surface area contributed by atoms with Crippen LogP contribution < -0.4 is 0 Å². The Morgan fingerprint density at radius 1 is 0.745 bits per heavy atom. The van der Waals surface area contributed by atoms with Crippen LogP contribution in [0.3, 0.4) is 0 Å². The summed E-state index contributed by atoms with van der Waals surface area (Å²) in [6, 6.07) is 0. The highest BCUT2D eigenvalue weighted by Crippen LogP contribution is 2.72. The number of Topliss-reactive ketones (excluding diaryl/α,β-unsaturated/α-hetero) is 2. The first-order valence-electron chi connectivity index (χ1n) is 20.2. The quantitative estimate of drug-likeness (QED) is 0.273. The van der Waals surface area contributed by atoms with Crippen molar-refractivity contribution in [3.63, 3.8) is 0 Å². The minimum Gasteiger partial charge on any atom is -0.390 e. The van der Waals surface area contributed by atoms with Gasteiger partial charge in [-0.2, -0.15) is 0 Å². The van der Waals surface area contributed by atoms with E-state index in [4.69, 9.17) is 0 Å². The van der Waals surface area contributed by atoms with Gasteiger partial charge in [-0.15, -0.1) is 0 Å². The van der Waals surface area contributed by atoms with Crippen molar-refractivity contribution in [1.82, 2.24) is 0 Å². The molecule has 0 aromatic heterocycles. The summed E-state index contributed by atoms with van der Waals surface area (Å²) in [5.41, 5.74) is -7.75. The van der Waals surface area contributed by atoms with E-state index in [1.165, 1.54) is 24.3 Å². The molecule has 55 heavy (non-hydrogen) atoms. The van der Waals surface area contributed by atoms with Crippen molar-refractivity contribution in [2.24, 2.45) is 63.1 Å². The third-order valence-corrected chi connectivity index (χ3v) is 17.3. The lowest BCUT2D eigenvalue weighted by molar-refractivity contribution is -0.219. The van der Waals surface area contributed by atoms with Crippen molar-refractivity contribution in [2.75, 3.05) is 13.2 Å². The number of hydrogen-bond donors (Lipinski definition) is 5. The minimum atomic E-state index is -1.98. The van der Waals surface area contributed by atoms with E-state index in [0.29, 0.717) is 37.7 Å². The van der Waals surface area contributed by atoms with Crippen molar-refractivity contribution < 1.29 is 53.5 Å². The number of fused-ring (bicyclic) bond motifs is 10. The Balaban J connectivity index is 0.000000169. The lowest BCUT2D eigenvalue weighted by atomic mass is 9.44. The number of halogens is 2. The number of alkyl halides is 2. The zero-order chi connectivity index (χ0) is 40.5. The predicted molar refractivity (Wildman–Crippen MR) is 198 cm³/mol. The smallest absolute Gasteiger partial charge is 0.190 e. The van der Waals surface area contributed by atoms with Gasteiger partial charge in [-0.05, 0) is 119 Å². The van der Waals surface area contributed by atoms with Gasteiger partial charge in [-0.25, -0.2) is 8.78 Å². The fraction of sp³-hybridized carbons (Fsp3) is 0.727. The van der Waals surface area contributed by atoms with E-state index in [1.54, 1.807) is 39.8 Å². The standard InChI is InChI=1S/C22H29FO5.C22H29FO4/c1-12-8-16-15-5-4-13-9-14(25)6-7-19(13,2)21(15,23)17(26)10-20(16,3)22(12,28)18(27)11-24;1-12-8-16-15-5-4-13-9-14(25)6-7-21(13,3)22(15,23)18(27)10-20(16,2)19(12)17(26)11-24/h6-7,9,12,15-17,24,26,28H,4-5,8,10-11H2,1-3H3;6-7,9,12,15-16,18-19,24,27H,4-5,8,10-11H2,1-3H3/t12-,15+,16+,17+,19+,20+,21+,22+;12-,15+,16+,18+,19-,20+,21+,22+/m11/s1. The monoisotopic (exact) mass is 768 g/mol. The maximum atomic E-state index is 16.9. The molecule has 0 heterocycles. The van der Waals surface area contributed by atoms with Crippen LogP contribution in [0.4, 0.5) is 8.78 Å². The topological polar surface area (TPSA) is 169 Å². The van der Waals surface area contributed by atoms with E-state index in [2.05, 4.69) is 0 Å². The van der Waals surface area contributed by atoms with Crippen molar-refractivity contribution in [3.8, 4) is 0 Å². The SMILES string of the molecule is C[C@@H]1C[C@H]2[C@@H]3CCC4=CC(=O)C=C[C@]4(C)[C@@]3(F)[C@@H](O)C[C@]2(C)[C@@]1(O)C(=O)CO.C[C@@H]1C[C@H]2[C@@H]3CCC4=CC(=O)C=C[C@]4(C)[C@@]3(F)[C@@H](O)C[C@]2(C)[C@H]1C(=O)CO. The van der Waals surface area contributed by atoms with Gasteiger partial charge in [0.2, 0.25) is 0 Å². The van der Waals surface area contributed by atoms with Gasteiger partial charge in [0, 0.05) is 34.0 Å². The molecule has 6 fully saturated rings. The lowest BCUT2D eigenvalue weighted by Gasteiger charge is -2.62. The van der Waals surface area contributed by atoms with Crippen molar-refractivity contribution in [1.29, 1.82) is 0 Å². The second-order valence-corrected chi connectivity index (χ2v) is 19.4. The Morgan fingerprint density at radius 3 is 1.73 bits per heavy atom. The molecule has 8 aliphatic rings.